The average Bonchev–Trinajstić information content (AvgIpc) is 1.99. The van der Waals surface area contributed by atoms with Crippen molar-refractivity contribution >= 4 is 11.7 Å². The molecule has 0 aliphatic carbocycles. The zero-order valence-electron chi connectivity index (χ0n) is 7.70. The third kappa shape index (κ3) is 5.85. The van der Waals surface area contributed by atoms with Crippen molar-refractivity contribution in [1.29, 1.82) is 0 Å². The molecule has 0 bridgehead atoms. The molecule has 0 heterocycles. The molecular weight excluding hydrogens is 158 g/mol. The first-order valence-electron chi connectivity index (χ1n) is 3.91. The predicted octanol–water partition coefficient (Wildman–Crippen LogP) is 0.739. The Morgan fingerprint density at radius 3 is 2.58 bits per heavy atom. The van der Waals surface area contributed by atoms with Crippen LogP contribution in [0.15, 0.2) is 4.99 Å². The standard InChI is InChI=1S/C8H15NO3/c1-4-8(11)12-5-7(10)9-6(2)3/h7,10H,4-5H2,1-3H3. The SMILES string of the molecule is CCC(=O)OCC(O)N=C(C)C. The fraction of sp³-hybridized carbons (Fsp3) is 0.750. The molecule has 0 radical (unpaired) electrons. The van der Waals surface area contributed by atoms with Gasteiger partial charge in [0.1, 0.15) is 6.61 Å². The van der Waals surface area contributed by atoms with Crippen LogP contribution in [0.25, 0.3) is 0 Å². The topological polar surface area (TPSA) is 58.9 Å². The van der Waals surface area contributed by atoms with Crippen LogP contribution in [0.1, 0.15) is 27.2 Å². The van der Waals surface area contributed by atoms with Crippen LogP contribution in [0.4, 0.5) is 0 Å². The van der Waals surface area contributed by atoms with Crippen LogP contribution in [0.2, 0.25) is 0 Å². The van der Waals surface area contributed by atoms with Crippen LogP contribution in [-0.2, 0) is 9.53 Å². The number of hydrogen-bond acceptors (Lipinski definition) is 4. The third-order valence-electron chi connectivity index (χ3n) is 1.09. The summed E-state index contributed by atoms with van der Waals surface area (Å²) in [7, 11) is 0. The van der Waals surface area contributed by atoms with E-state index in [-0.39, 0.29) is 12.6 Å². The van der Waals surface area contributed by atoms with Gasteiger partial charge in [0.15, 0.2) is 6.23 Å². The van der Waals surface area contributed by atoms with Gasteiger partial charge in [-0.15, -0.1) is 0 Å². The maximum atomic E-state index is 10.6. The van der Waals surface area contributed by atoms with Gasteiger partial charge in [0, 0.05) is 12.1 Å². The van der Waals surface area contributed by atoms with Crippen molar-refractivity contribution in [2.24, 2.45) is 4.99 Å². The lowest BCUT2D eigenvalue weighted by molar-refractivity contribution is -0.146. The summed E-state index contributed by atoms with van der Waals surface area (Å²) >= 11 is 0. The molecule has 0 rings (SSSR count). The average molecular weight is 173 g/mol. The summed E-state index contributed by atoms with van der Waals surface area (Å²) in [5, 5.41) is 9.10. The molecule has 12 heavy (non-hydrogen) atoms. The van der Waals surface area contributed by atoms with E-state index in [1.54, 1.807) is 20.8 Å². The fourth-order valence-electron chi connectivity index (χ4n) is 0.605. The second-order valence-corrected chi connectivity index (χ2v) is 2.59. The monoisotopic (exact) mass is 173 g/mol. The Morgan fingerprint density at radius 1 is 1.58 bits per heavy atom. The Morgan fingerprint density at radius 2 is 2.17 bits per heavy atom. The molecule has 4 nitrogen and oxygen atoms in total. The van der Waals surface area contributed by atoms with E-state index in [1.165, 1.54) is 0 Å². The Bertz CT molecular complexity index is 173. The number of aliphatic hydroxyl groups is 1. The molecule has 0 aromatic heterocycles. The predicted molar refractivity (Wildman–Crippen MR) is 46.0 cm³/mol. The van der Waals surface area contributed by atoms with E-state index in [1.807, 2.05) is 0 Å². The highest BCUT2D eigenvalue weighted by Crippen LogP contribution is 1.91. The van der Waals surface area contributed by atoms with Gasteiger partial charge in [0.05, 0.1) is 0 Å². The molecule has 0 aliphatic rings. The Balaban J connectivity index is 3.64. The Hall–Kier alpha value is -0.900. The van der Waals surface area contributed by atoms with Crippen LogP contribution in [0.5, 0.6) is 0 Å². The first kappa shape index (κ1) is 11.1. The summed E-state index contributed by atoms with van der Waals surface area (Å²) < 4.78 is 4.66. The van der Waals surface area contributed by atoms with Crippen molar-refractivity contribution in [3.8, 4) is 0 Å². The van der Waals surface area contributed by atoms with Gasteiger partial charge >= 0.3 is 5.97 Å². The first-order chi connectivity index (χ1) is 5.56. The Kier molecular flexibility index (Phi) is 5.28. The van der Waals surface area contributed by atoms with E-state index >= 15 is 0 Å². The number of carbonyl (C=O) groups is 1. The number of hydrogen-bond donors (Lipinski definition) is 1. The second-order valence-electron chi connectivity index (χ2n) is 2.59. The number of rotatable bonds is 4. The molecule has 1 N–H and O–H groups in total. The van der Waals surface area contributed by atoms with Crippen LogP contribution in [0.3, 0.4) is 0 Å². The number of aliphatic imine (C=N–C) groups is 1. The zero-order chi connectivity index (χ0) is 9.56. The minimum atomic E-state index is -0.925. The van der Waals surface area contributed by atoms with Gasteiger partial charge in [-0.3, -0.25) is 9.79 Å². The molecule has 0 saturated carbocycles. The lowest BCUT2D eigenvalue weighted by atomic mass is 10.5. The van der Waals surface area contributed by atoms with Gasteiger partial charge in [-0.25, -0.2) is 0 Å². The van der Waals surface area contributed by atoms with Crippen LogP contribution >= 0.6 is 0 Å². The summed E-state index contributed by atoms with van der Waals surface area (Å²) in [6, 6.07) is 0. The van der Waals surface area contributed by atoms with E-state index in [9.17, 15) is 4.79 Å². The third-order valence-corrected chi connectivity index (χ3v) is 1.09. The largest absolute Gasteiger partial charge is 0.461 e. The van der Waals surface area contributed by atoms with Crippen LogP contribution in [-0.4, -0.2) is 29.6 Å². The van der Waals surface area contributed by atoms with Crippen molar-refractivity contribution in [2.45, 2.75) is 33.4 Å². The summed E-state index contributed by atoms with van der Waals surface area (Å²) in [5.41, 5.74) is 0.759. The van der Waals surface area contributed by atoms with Gasteiger partial charge in [-0.05, 0) is 13.8 Å². The maximum absolute atomic E-state index is 10.6. The van der Waals surface area contributed by atoms with E-state index in [4.69, 9.17) is 5.11 Å². The summed E-state index contributed by atoms with van der Waals surface area (Å²) in [6.07, 6.45) is -0.604. The molecule has 1 unspecified atom stereocenters. The molecule has 0 saturated heterocycles. The number of aliphatic hydroxyl groups excluding tert-OH is 1. The summed E-state index contributed by atoms with van der Waals surface area (Å²) in [4.78, 5) is 14.4. The maximum Gasteiger partial charge on any atom is 0.305 e. The van der Waals surface area contributed by atoms with Gasteiger partial charge in [-0.2, -0.15) is 0 Å². The smallest absolute Gasteiger partial charge is 0.305 e. The van der Waals surface area contributed by atoms with Crippen molar-refractivity contribution < 1.29 is 14.6 Å². The highest BCUT2D eigenvalue weighted by Gasteiger charge is 2.04. The normalized spacial score (nSPS) is 12.0. The highest BCUT2D eigenvalue weighted by atomic mass is 16.5. The minimum Gasteiger partial charge on any atom is -0.461 e. The fourth-order valence-corrected chi connectivity index (χ4v) is 0.605. The second kappa shape index (κ2) is 5.71. The summed E-state index contributed by atoms with van der Waals surface area (Å²) in [5.74, 6) is -0.321. The van der Waals surface area contributed by atoms with Crippen molar-refractivity contribution in [2.75, 3.05) is 6.61 Å². The minimum absolute atomic E-state index is 0.0577. The molecule has 0 aromatic carbocycles. The molecule has 70 valence electrons. The lowest BCUT2D eigenvalue weighted by Crippen LogP contribution is -2.16. The Labute approximate surface area is 72.3 Å². The van der Waals surface area contributed by atoms with Gasteiger partial charge in [0.25, 0.3) is 0 Å². The van der Waals surface area contributed by atoms with Crippen LogP contribution in [0, 0.1) is 0 Å². The molecule has 0 aliphatic heterocycles. The number of esters is 1. The van der Waals surface area contributed by atoms with Crippen molar-refractivity contribution in [3.05, 3.63) is 0 Å². The summed E-state index contributed by atoms with van der Waals surface area (Å²) in [6.45, 7) is 5.18. The van der Waals surface area contributed by atoms with E-state index in [2.05, 4.69) is 9.73 Å². The van der Waals surface area contributed by atoms with E-state index in [0.717, 1.165) is 5.71 Å². The quantitative estimate of drug-likeness (QED) is 0.504. The van der Waals surface area contributed by atoms with Crippen molar-refractivity contribution in [1.82, 2.24) is 0 Å². The molecule has 4 heteroatoms. The lowest BCUT2D eigenvalue weighted by Gasteiger charge is -2.06. The number of nitrogens with zero attached hydrogens (tertiary/aromatic N) is 1. The zero-order valence-corrected chi connectivity index (χ0v) is 7.70. The molecule has 0 aromatic rings. The first-order valence-corrected chi connectivity index (χ1v) is 3.91. The number of ether oxygens (including phenoxy) is 1. The number of carbonyl (C=O) groups excluding carboxylic acids is 1. The van der Waals surface area contributed by atoms with Gasteiger partial charge in [0.2, 0.25) is 0 Å². The van der Waals surface area contributed by atoms with Crippen molar-refractivity contribution in [3.63, 3.8) is 0 Å². The van der Waals surface area contributed by atoms with E-state index in [0.29, 0.717) is 6.42 Å². The molecule has 0 amide bonds. The molecule has 1 atom stereocenters. The highest BCUT2D eigenvalue weighted by molar-refractivity contribution is 5.79. The van der Waals surface area contributed by atoms with E-state index < -0.39 is 6.23 Å². The molecule has 0 spiro atoms. The molecule has 0 fully saturated rings. The van der Waals surface area contributed by atoms with Crippen LogP contribution < -0.4 is 0 Å². The van der Waals surface area contributed by atoms with Gasteiger partial charge < -0.3 is 9.84 Å². The van der Waals surface area contributed by atoms with Gasteiger partial charge in [-0.1, -0.05) is 6.92 Å². The molecular formula is C8H15NO3.